The summed E-state index contributed by atoms with van der Waals surface area (Å²) in [6.45, 7) is 11.8. The standard InChI is InChI=1S/C33H43N3O4S/c1-7-9-19-34-33(38)30(8-2)35(22-28-12-10-11-25(4)21-28)32(37)23-36(31-18-15-26(5)20-27(31)6)41(39,40)29-16-13-24(3)14-17-29/h10-18,20-21,30H,7-9,19,22-23H2,1-6H3,(H,34,38)/t30-/m1/s1. The molecule has 41 heavy (non-hydrogen) atoms. The van der Waals surface area contributed by atoms with Crippen molar-refractivity contribution < 1.29 is 18.0 Å². The SMILES string of the molecule is CCCCNC(=O)[C@@H](CC)N(Cc1cccc(C)c1)C(=O)CN(c1ccc(C)cc1C)S(=O)(=O)c1ccc(C)cc1. The number of anilines is 1. The molecule has 3 rings (SSSR count). The molecule has 0 radical (unpaired) electrons. The first-order chi connectivity index (χ1) is 19.5. The number of carbonyl (C=O) groups is 2. The van der Waals surface area contributed by atoms with E-state index in [9.17, 15) is 18.0 Å². The lowest BCUT2D eigenvalue weighted by Crippen LogP contribution is -2.52. The quantitative estimate of drug-likeness (QED) is 0.259. The molecule has 0 saturated carbocycles. The van der Waals surface area contributed by atoms with Gasteiger partial charge in [-0.15, -0.1) is 0 Å². The first-order valence-corrected chi connectivity index (χ1v) is 15.7. The largest absolute Gasteiger partial charge is 0.354 e. The highest BCUT2D eigenvalue weighted by Gasteiger charge is 2.34. The second-order valence-corrected chi connectivity index (χ2v) is 12.6. The van der Waals surface area contributed by atoms with Gasteiger partial charge in [0, 0.05) is 13.1 Å². The van der Waals surface area contributed by atoms with Crippen molar-refractivity contribution in [2.24, 2.45) is 0 Å². The normalized spacial score (nSPS) is 12.0. The zero-order valence-corrected chi connectivity index (χ0v) is 25.9. The third-order valence-corrected chi connectivity index (χ3v) is 8.93. The third kappa shape index (κ3) is 8.19. The summed E-state index contributed by atoms with van der Waals surface area (Å²) in [6.07, 6.45) is 2.16. The summed E-state index contributed by atoms with van der Waals surface area (Å²) >= 11 is 0. The van der Waals surface area contributed by atoms with Crippen molar-refractivity contribution in [3.8, 4) is 0 Å². The van der Waals surface area contributed by atoms with E-state index in [0.717, 1.165) is 40.7 Å². The van der Waals surface area contributed by atoms with Crippen LogP contribution in [0.15, 0.2) is 71.6 Å². The lowest BCUT2D eigenvalue weighted by atomic mass is 10.1. The summed E-state index contributed by atoms with van der Waals surface area (Å²) in [4.78, 5) is 29.1. The molecule has 0 unspecified atom stereocenters. The summed E-state index contributed by atoms with van der Waals surface area (Å²) in [5, 5.41) is 2.96. The van der Waals surface area contributed by atoms with E-state index in [4.69, 9.17) is 0 Å². The molecule has 1 N–H and O–H groups in total. The molecule has 2 amide bonds. The van der Waals surface area contributed by atoms with Crippen LogP contribution < -0.4 is 9.62 Å². The average molecular weight is 578 g/mol. The maximum absolute atomic E-state index is 14.2. The van der Waals surface area contributed by atoms with Gasteiger partial charge in [-0.1, -0.05) is 85.5 Å². The molecule has 0 fully saturated rings. The highest BCUT2D eigenvalue weighted by atomic mass is 32.2. The van der Waals surface area contributed by atoms with Crippen LogP contribution in [-0.2, 0) is 26.2 Å². The van der Waals surface area contributed by atoms with Gasteiger partial charge in [-0.05, 0) is 69.9 Å². The summed E-state index contributed by atoms with van der Waals surface area (Å²) in [7, 11) is -4.10. The van der Waals surface area contributed by atoms with E-state index in [1.54, 1.807) is 30.3 Å². The third-order valence-electron chi connectivity index (χ3n) is 7.16. The molecular formula is C33H43N3O4S. The minimum Gasteiger partial charge on any atom is -0.354 e. The van der Waals surface area contributed by atoms with Crippen LogP contribution >= 0.6 is 0 Å². The van der Waals surface area contributed by atoms with Crippen LogP contribution in [0.4, 0.5) is 5.69 Å². The van der Waals surface area contributed by atoms with E-state index in [1.807, 2.05) is 77.9 Å². The highest BCUT2D eigenvalue weighted by Crippen LogP contribution is 2.28. The first-order valence-electron chi connectivity index (χ1n) is 14.3. The Morgan fingerprint density at radius 2 is 1.51 bits per heavy atom. The smallest absolute Gasteiger partial charge is 0.264 e. The number of rotatable bonds is 13. The molecule has 3 aromatic carbocycles. The first kappa shape index (κ1) is 31.9. The molecule has 0 spiro atoms. The predicted octanol–water partition coefficient (Wildman–Crippen LogP) is 5.84. The fourth-order valence-corrected chi connectivity index (χ4v) is 6.35. The summed E-state index contributed by atoms with van der Waals surface area (Å²) in [6, 6.07) is 19.1. The molecule has 7 nitrogen and oxygen atoms in total. The fourth-order valence-electron chi connectivity index (χ4n) is 4.87. The van der Waals surface area contributed by atoms with Crippen molar-refractivity contribution in [1.82, 2.24) is 10.2 Å². The number of hydrogen-bond donors (Lipinski definition) is 1. The van der Waals surface area contributed by atoms with Gasteiger partial charge in [0.05, 0.1) is 10.6 Å². The van der Waals surface area contributed by atoms with Gasteiger partial charge >= 0.3 is 0 Å². The molecule has 0 aliphatic carbocycles. The lowest BCUT2D eigenvalue weighted by Gasteiger charge is -2.33. The van der Waals surface area contributed by atoms with Crippen LogP contribution in [0.2, 0.25) is 0 Å². The van der Waals surface area contributed by atoms with Gasteiger partial charge in [0.15, 0.2) is 0 Å². The molecule has 8 heteroatoms. The maximum Gasteiger partial charge on any atom is 0.264 e. The van der Waals surface area contributed by atoms with Crippen molar-refractivity contribution in [2.45, 2.75) is 78.3 Å². The van der Waals surface area contributed by atoms with Crippen LogP contribution in [0.1, 0.15) is 60.9 Å². The van der Waals surface area contributed by atoms with Gasteiger partial charge in [0.1, 0.15) is 12.6 Å². The summed E-state index contributed by atoms with van der Waals surface area (Å²) < 4.78 is 29.3. The van der Waals surface area contributed by atoms with Gasteiger partial charge in [-0.25, -0.2) is 8.42 Å². The monoisotopic (exact) mass is 577 g/mol. The Kier molecular flexibility index (Phi) is 11.1. The Labute approximate surface area is 245 Å². The second kappa shape index (κ2) is 14.3. The minimum atomic E-state index is -4.10. The van der Waals surface area contributed by atoms with Crippen molar-refractivity contribution in [1.29, 1.82) is 0 Å². The van der Waals surface area contributed by atoms with E-state index in [0.29, 0.717) is 18.7 Å². The number of amides is 2. The predicted molar refractivity (Wildman–Crippen MR) is 165 cm³/mol. The average Bonchev–Trinajstić information content (AvgIpc) is 2.92. The Balaban J connectivity index is 2.07. The molecule has 0 aliphatic rings. The van der Waals surface area contributed by atoms with E-state index >= 15 is 0 Å². The summed E-state index contributed by atoms with van der Waals surface area (Å²) in [5.41, 5.74) is 5.00. The second-order valence-electron chi connectivity index (χ2n) is 10.7. The number of unbranched alkanes of at least 4 members (excludes halogenated alkanes) is 1. The topological polar surface area (TPSA) is 86.8 Å². The van der Waals surface area contributed by atoms with E-state index in [1.165, 1.54) is 9.21 Å². The molecule has 0 aromatic heterocycles. The molecule has 1 atom stereocenters. The van der Waals surface area contributed by atoms with Crippen LogP contribution in [0.3, 0.4) is 0 Å². The minimum absolute atomic E-state index is 0.102. The molecule has 0 saturated heterocycles. The molecule has 3 aromatic rings. The zero-order valence-electron chi connectivity index (χ0n) is 25.1. The van der Waals surface area contributed by atoms with E-state index in [-0.39, 0.29) is 17.3 Å². The molecule has 0 bridgehead atoms. The fraction of sp³-hybridized carbons (Fsp3) is 0.394. The number of carbonyl (C=O) groups excluding carboxylic acids is 2. The Morgan fingerprint density at radius 3 is 2.12 bits per heavy atom. The Hall–Kier alpha value is -3.65. The van der Waals surface area contributed by atoms with Gasteiger partial charge in [-0.2, -0.15) is 0 Å². The van der Waals surface area contributed by atoms with Gasteiger partial charge in [0.25, 0.3) is 10.0 Å². The van der Waals surface area contributed by atoms with Crippen molar-refractivity contribution in [2.75, 3.05) is 17.4 Å². The Morgan fingerprint density at radius 1 is 0.854 bits per heavy atom. The van der Waals surface area contributed by atoms with Crippen LogP contribution in [-0.4, -0.2) is 44.3 Å². The number of nitrogens with zero attached hydrogens (tertiary/aromatic N) is 2. The number of sulfonamides is 1. The lowest BCUT2D eigenvalue weighted by molar-refractivity contribution is -0.140. The number of hydrogen-bond acceptors (Lipinski definition) is 4. The molecule has 0 heterocycles. The van der Waals surface area contributed by atoms with Gasteiger partial charge < -0.3 is 10.2 Å². The zero-order chi connectivity index (χ0) is 30.2. The van der Waals surface area contributed by atoms with E-state index < -0.39 is 28.5 Å². The van der Waals surface area contributed by atoms with Crippen LogP contribution in [0.25, 0.3) is 0 Å². The van der Waals surface area contributed by atoms with Gasteiger partial charge in [-0.3, -0.25) is 13.9 Å². The van der Waals surface area contributed by atoms with Crippen LogP contribution in [0.5, 0.6) is 0 Å². The van der Waals surface area contributed by atoms with Gasteiger partial charge in [0.2, 0.25) is 11.8 Å². The van der Waals surface area contributed by atoms with Crippen molar-refractivity contribution in [3.63, 3.8) is 0 Å². The Bertz CT molecular complexity index is 1450. The highest BCUT2D eigenvalue weighted by molar-refractivity contribution is 7.92. The van der Waals surface area contributed by atoms with E-state index in [2.05, 4.69) is 5.32 Å². The number of benzene rings is 3. The number of nitrogens with one attached hydrogen (secondary N) is 1. The molecule has 0 aliphatic heterocycles. The van der Waals surface area contributed by atoms with Crippen molar-refractivity contribution >= 4 is 27.5 Å². The molecular weight excluding hydrogens is 534 g/mol. The number of aryl methyl sites for hydroxylation is 4. The summed E-state index contributed by atoms with van der Waals surface area (Å²) in [5.74, 6) is -0.680. The van der Waals surface area contributed by atoms with Crippen LogP contribution in [0, 0.1) is 27.7 Å². The molecule has 220 valence electrons. The maximum atomic E-state index is 14.2. The van der Waals surface area contributed by atoms with Crippen molar-refractivity contribution in [3.05, 3.63) is 94.5 Å².